The van der Waals surface area contributed by atoms with Crippen LogP contribution in [0, 0.1) is 15.7 Å². The number of nitrogens with one attached hydrogen (secondary N) is 2. The standard InChI is InChI=1S/C14H29BrN2.ClHO4/c1-12(2,3)10(15)11(16-13(4,5)6)17-14(7,8)9;2-1(3,4)5/h10H,1-9H3,(H,16,17);(H,2,3,4,5). The Morgan fingerprint density at radius 2 is 1.23 bits per heavy atom. The number of hydrogen-bond donors (Lipinski definition) is 2. The van der Waals surface area contributed by atoms with Gasteiger partial charge in [0.2, 0.25) is 0 Å². The van der Waals surface area contributed by atoms with Crippen LogP contribution < -0.4 is 28.9 Å². The lowest BCUT2D eigenvalue weighted by Gasteiger charge is -2.29. The van der Waals surface area contributed by atoms with E-state index in [-0.39, 0.29) is 21.3 Å². The Balaban J connectivity index is 0. The predicted molar refractivity (Wildman–Crippen MR) is 80.8 cm³/mol. The number of alkyl halides is 1. The molecule has 1 atom stereocenters. The van der Waals surface area contributed by atoms with Gasteiger partial charge in [-0.25, -0.2) is 18.6 Å². The summed E-state index contributed by atoms with van der Waals surface area (Å²) >= 11 is 3.81. The van der Waals surface area contributed by atoms with Crippen LogP contribution in [0.4, 0.5) is 0 Å². The third kappa shape index (κ3) is 18.1. The first-order valence-corrected chi connectivity index (χ1v) is 9.06. The first-order valence-electron chi connectivity index (χ1n) is 6.91. The highest BCUT2D eigenvalue weighted by molar-refractivity contribution is 9.10. The van der Waals surface area contributed by atoms with E-state index in [1.165, 1.54) is 0 Å². The third-order valence-corrected chi connectivity index (χ3v) is 3.86. The topological polar surface area (TPSA) is 118 Å². The number of hydrogen-bond acceptors (Lipinski definition) is 4. The van der Waals surface area contributed by atoms with Gasteiger partial charge in [0, 0.05) is 0 Å². The number of halogens is 2. The molecule has 22 heavy (non-hydrogen) atoms. The minimum absolute atomic E-state index is 0.0604. The molecule has 0 bridgehead atoms. The Morgan fingerprint density at radius 1 is 0.909 bits per heavy atom. The van der Waals surface area contributed by atoms with E-state index in [1.807, 2.05) is 0 Å². The highest BCUT2D eigenvalue weighted by atomic mass is 79.9. The average Bonchev–Trinajstić information content (AvgIpc) is 2.06. The fraction of sp³-hybridized carbons (Fsp3) is 0.929. The molecule has 134 valence electrons. The summed E-state index contributed by atoms with van der Waals surface area (Å²) < 4.78 is 34.0. The third-order valence-electron chi connectivity index (χ3n) is 2.03. The van der Waals surface area contributed by atoms with Gasteiger partial charge in [0.25, 0.3) is 5.84 Å². The molecule has 0 aliphatic rings. The Hall–Kier alpha value is 0.0800. The Labute approximate surface area is 144 Å². The molecular weight excluding hydrogens is 376 g/mol. The van der Waals surface area contributed by atoms with Gasteiger partial charge in [0.05, 0.1) is 11.1 Å². The van der Waals surface area contributed by atoms with Crippen molar-refractivity contribution >= 4 is 21.8 Å². The molecule has 0 aromatic rings. The zero-order chi connectivity index (χ0) is 18.6. The lowest BCUT2D eigenvalue weighted by atomic mass is 9.90. The molecule has 8 heteroatoms. The van der Waals surface area contributed by atoms with E-state index in [4.69, 9.17) is 18.6 Å². The largest absolute Gasteiger partial charge is 0.273 e. The summed E-state index contributed by atoms with van der Waals surface area (Å²) in [5.41, 5.74) is 0.293. The molecule has 0 saturated heterocycles. The molecule has 6 nitrogen and oxygen atoms in total. The van der Waals surface area contributed by atoms with Gasteiger partial charge in [-0.2, -0.15) is 0 Å². The molecule has 0 aliphatic heterocycles. The Kier molecular flexibility index (Phi) is 9.14. The SMILES string of the molecule is CC(C)(C)NC(=[NH+]C(C)(C)C)C(Br)C(C)(C)C.[O-][Cl+3]([O-])([O-])[O-]. The van der Waals surface area contributed by atoms with Crippen molar-refractivity contribution in [1.29, 1.82) is 0 Å². The predicted octanol–water partition coefficient (Wildman–Crippen LogP) is -2.29. The van der Waals surface area contributed by atoms with Crippen molar-refractivity contribution in [3.63, 3.8) is 0 Å². The van der Waals surface area contributed by atoms with Crippen LogP contribution in [0.5, 0.6) is 0 Å². The summed E-state index contributed by atoms with van der Waals surface area (Å²) in [7, 11) is -4.94. The van der Waals surface area contributed by atoms with Crippen molar-refractivity contribution in [1.82, 2.24) is 5.32 Å². The van der Waals surface area contributed by atoms with Gasteiger partial charge >= 0.3 is 0 Å². The normalized spacial score (nSPS) is 15.8. The van der Waals surface area contributed by atoms with Crippen LogP contribution in [-0.4, -0.2) is 21.7 Å². The van der Waals surface area contributed by atoms with Gasteiger partial charge in [-0.3, -0.25) is 10.3 Å². The van der Waals surface area contributed by atoms with E-state index in [9.17, 15) is 0 Å². The lowest BCUT2D eigenvalue weighted by molar-refractivity contribution is -2.00. The summed E-state index contributed by atoms with van der Waals surface area (Å²) in [5, 5.41) is 3.58. The van der Waals surface area contributed by atoms with Crippen LogP contribution >= 0.6 is 15.9 Å². The molecule has 0 fully saturated rings. The van der Waals surface area contributed by atoms with Gasteiger partial charge in [-0.1, -0.05) is 36.7 Å². The van der Waals surface area contributed by atoms with Crippen molar-refractivity contribution in [2.45, 2.75) is 78.2 Å². The molecule has 0 aromatic heterocycles. The highest BCUT2D eigenvalue weighted by Crippen LogP contribution is 2.26. The van der Waals surface area contributed by atoms with Crippen molar-refractivity contribution in [3.05, 3.63) is 0 Å². The maximum Gasteiger partial charge on any atom is 0.257 e. The second-order valence-corrected chi connectivity index (χ2v) is 9.94. The number of amidine groups is 1. The molecule has 0 heterocycles. The molecule has 0 aromatic carbocycles. The van der Waals surface area contributed by atoms with E-state index in [0.29, 0.717) is 0 Å². The smallest absolute Gasteiger partial charge is 0.257 e. The van der Waals surface area contributed by atoms with Gasteiger partial charge in [0.1, 0.15) is 4.83 Å². The molecule has 0 amide bonds. The van der Waals surface area contributed by atoms with Gasteiger partial charge in [-0.15, -0.1) is 10.2 Å². The molecule has 0 saturated carbocycles. The monoisotopic (exact) mass is 404 g/mol. The zero-order valence-corrected chi connectivity index (χ0v) is 17.3. The fourth-order valence-electron chi connectivity index (χ4n) is 1.40. The van der Waals surface area contributed by atoms with Crippen LogP contribution in [0.25, 0.3) is 0 Å². The first-order chi connectivity index (χ1) is 9.22. The van der Waals surface area contributed by atoms with Crippen LogP contribution in [0.2, 0.25) is 0 Å². The van der Waals surface area contributed by atoms with E-state index in [0.717, 1.165) is 5.84 Å². The van der Waals surface area contributed by atoms with Crippen molar-refractivity contribution in [2.75, 3.05) is 0 Å². The van der Waals surface area contributed by atoms with Crippen molar-refractivity contribution in [3.8, 4) is 0 Å². The summed E-state index contributed by atoms with van der Waals surface area (Å²) in [5.74, 6) is 1.16. The number of rotatable bonds is 1. The minimum Gasteiger partial charge on any atom is -0.273 e. The van der Waals surface area contributed by atoms with Crippen LogP contribution in [0.15, 0.2) is 0 Å². The maximum absolute atomic E-state index is 8.49. The van der Waals surface area contributed by atoms with E-state index < -0.39 is 10.2 Å². The Morgan fingerprint density at radius 3 is 1.41 bits per heavy atom. The summed E-state index contributed by atoms with van der Waals surface area (Å²) in [6, 6.07) is 0. The van der Waals surface area contributed by atoms with Gasteiger partial charge < -0.3 is 0 Å². The fourth-order valence-corrected chi connectivity index (χ4v) is 1.63. The summed E-state index contributed by atoms with van der Waals surface area (Å²) in [4.78, 5) is 3.86. The van der Waals surface area contributed by atoms with Crippen LogP contribution in [-0.2, 0) is 0 Å². The highest BCUT2D eigenvalue weighted by Gasteiger charge is 2.34. The molecule has 1 unspecified atom stereocenters. The molecule has 2 N–H and O–H groups in total. The quantitative estimate of drug-likeness (QED) is 0.289. The van der Waals surface area contributed by atoms with Crippen LogP contribution in [0.3, 0.4) is 0 Å². The molecule has 0 spiro atoms. The average molecular weight is 406 g/mol. The van der Waals surface area contributed by atoms with Crippen molar-refractivity contribution < 1.29 is 33.9 Å². The Bertz CT molecular complexity index is 357. The van der Waals surface area contributed by atoms with Gasteiger partial charge in [-0.05, 0) is 47.0 Å². The molecule has 0 aliphatic carbocycles. The summed E-state index contributed by atoms with van der Waals surface area (Å²) in [6.45, 7) is 19.8. The van der Waals surface area contributed by atoms with E-state index in [2.05, 4.69) is 88.6 Å². The van der Waals surface area contributed by atoms with Crippen LogP contribution in [0.1, 0.15) is 62.3 Å². The lowest BCUT2D eigenvalue weighted by Crippen LogP contribution is -2.89. The van der Waals surface area contributed by atoms with Crippen molar-refractivity contribution in [2.24, 2.45) is 5.41 Å². The second-order valence-electron chi connectivity index (χ2n) is 8.27. The molecular formula is C14H30BrClN2O4. The van der Waals surface area contributed by atoms with Gasteiger partial charge in [0.15, 0.2) is 0 Å². The van der Waals surface area contributed by atoms with E-state index >= 15 is 0 Å². The second kappa shape index (κ2) is 8.26. The molecule has 0 rings (SSSR count). The minimum atomic E-state index is -4.94. The molecule has 0 radical (unpaired) electrons. The summed E-state index contributed by atoms with van der Waals surface area (Å²) in [6.07, 6.45) is 0. The zero-order valence-electron chi connectivity index (χ0n) is 15.0. The maximum atomic E-state index is 8.49. The first kappa shape index (κ1) is 24.3. The van der Waals surface area contributed by atoms with E-state index in [1.54, 1.807) is 0 Å².